The van der Waals surface area contributed by atoms with Crippen molar-refractivity contribution in [1.82, 2.24) is 19.3 Å². The van der Waals surface area contributed by atoms with E-state index in [4.69, 9.17) is 10.5 Å². The number of nitrogens with zero attached hydrogens (tertiary/aromatic N) is 4. The predicted octanol–water partition coefficient (Wildman–Crippen LogP) is 1.01. The van der Waals surface area contributed by atoms with E-state index in [0.717, 1.165) is 31.9 Å². The number of aromatic nitrogens is 4. The van der Waals surface area contributed by atoms with Crippen LogP contribution in [0.4, 0.5) is 0 Å². The molecule has 6 heteroatoms. The molecule has 108 valence electrons. The quantitative estimate of drug-likeness (QED) is 0.904. The summed E-state index contributed by atoms with van der Waals surface area (Å²) in [5, 5.41) is 4.28. The number of hydrogen-bond donors (Lipinski definition) is 1. The van der Waals surface area contributed by atoms with Gasteiger partial charge < -0.3 is 15.0 Å². The van der Waals surface area contributed by atoms with Crippen LogP contribution in [-0.2, 0) is 18.3 Å². The molecule has 1 fully saturated rings. The number of imidazole rings is 1. The van der Waals surface area contributed by atoms with Gasteiger partial charge in [0.15, 0.2) is 0 Å². The van der Waals surface area contributed by atoms with Crippen LogP contribution in [0.1, 0.15) is 29.4 Å². The van der Waals surface area contributed by atoms with Crippen LogP contribution in [0.5, 0.6) is 0 Å². The molecule has 20 heavy (non-hydrogen) atoms. The van der Waals surface area contributed by atoms with E-state index in [2.05, 4.69) is 21.6 Å². The molecule has 0 aliphatic carbocycles. The van der Waals surface area contributed by atoms with Crippen molar-refractivity contribution >= 4 is 0 Å². The number of ether oxygens (including phenoxy) is 1. The molecule has 0 aromatic carbocycles. The molecule has 0 bridgehead atoms. The molecule has 0 spiro atoms. The molecule has 2 atom stereocenters. The second-order valence-electron chi connectivity index (χ2n) is 5.47. The topological polar surface area (TPSA) is 70.9 Å². The van der Waals surface area contributed by atoms with Crippen molar-refractivity contribution in [1.29, 1.82) is 0 Å². The van der Waals surface area contributed by atoms with Gasteiger partial charge in [0.2, 0.25) is 0 Å². The van der Waals surface area contributed by atoms with Crippen molar-refractivity contribution in [3.8, 4) is 0 Å². The van der Waals surface area contributed by atoms with Gasteiger partial charge in [0, 0.05) is 37.0 Å². The van der Waals surface area contributed by atoms with Gasteiger partial charge >= 0.3 is 0 Å². The predicted molar refractivity (Wildman–Crippen MR) is 75.1 cm³/mol. The van der Waals surface area contributed by atoms with Crippen LogP contribution >= 0.6 is 0 Å². The molecule has 1 aliphatic rings. The summed E-state index contributed by atoms with van der Waals surface area (Å²) in [4.78, 5) is 4.26. The lowest BCUT2D eigenvalue weighted by Gasteiger charge is -2.19. The summed E-state index contributed by atoms with van der Waals surface area (Å²) in [6.45, 7) is 4.40. The van der Waals surface area contributed by atoms with E-state index in [1.807, 2.05) is 30.5 Å². The second-order valence-corrected chi connectivity index (χ2v) is 5.47. The largest absolute Gasteiger partial charge is 0.381 e. The van der Waals surface area contributed by atoms with Crippen LogP contribution in [0.25, 0.3) is 0 Å². The summed E-state index contributed by atoms with van der Waals surface area (Å²) in [5.41, 5.74) is 9.82. The van der Waals surface area contributed by atoms with Gasteiger partial charge in [-0.15, -0.1) is 0 Å². The first-order valence-electron chi connectivity index (χ1n) is 6.97. The van der Waals surface area contributed by atoms with Crippen LogP contribution in [-0.4, -0.2) is 32.5 Å². The Morgan fingerprint density at radius 1 is 1.50 bits per heavy atom. The molecule has 0 radical (unpaired) electrons. The van der Waals surface area contributed by atoms with Crippen LogP contribution in [0, 0.1) is 12.8 Å². The molecule has 3 rings (SSSR count). The van der Waals surface area contributed by atoms with Crippen molar-refractivity contribution in [2.45, 2.75) is 25.9 Å². The Morgan fingerprint density at radius 2 is 2.35 bits per heavy atom. The zero-order valence-corrected chi connectivity index (χ0v) is 12.0. The van der Waals surface area contributed by atoms with E-state index < -0.39 is 0 Å². The van der Waals surface area contributed by atoms with E-state index in [1.54, 1.807) is 0 Å². The summed E-state index contributed by atoms with van der Waals surface area (Å²) in [5.74, 6) is 0.389. The van der Waals surface area contributed by atoms with Gasteiger partial charge in [-0.05, 0) is 13.3 Å². The van der Waals surface area contributed by atoms with Crippen LogP contribution in [0.3, 0.4) is 0 Å². The molecule has 2 aromatic rings. The molecule has 3 heterocycles. The summed E-state index contributed by atoms with van der Waals surface area (Å²) in [6.07, 6.45) is 6.65. The number of hydrogen-bond acceptors (Lipinski definition) is 4. The van der Waals surface area contributed by atoms with E-state index in [-0.39, 0.29) is 6.04 Å². The highest BCUT2D eigenvalue weighted by Crippen LogP contribution is 2.27. The van der Waals surface area contributed by atoms with E-state index in [9.17, 15) is 0 Å². The van der Waals surface area contributed by atoms with Crippen LogP contribution in [0.15, 0.2) is 18.7 Å². The van der Waals surface area contributed by atoms with Gasteiger partial charge in [-0.2, -0.15) is 5.10 Å². The summed E-state index contributed by atoms with van der Waals surface area (Å²) < 4.78 is 9.44. The second kappa shape index (κ2) is 5.38. The average Bonchev–Trinajstić information content (AvgIpc) is 3.16. The molecule has 2 N–H and O–H groups in total. The van der Waals surface area contributed by atoms with Gasteiger partial charge in [0.25, 0.3) is 0 Å². The first kappa shape index (κ1) is 13.3. The normalized spacial score (nSPS) is 20.4. The Hall–Kier alpha value is -1.66. The molecule has 0 saturated carbocycles. The molecule has 1 saturated heterocycles. The van der Waals surface area contributed by atoms with E-state index in [1.165, 1.54) is 11.3 Å². The maximum Gasteiger partial charge on any atom is 0.0951 e. The number of nitrogens with two attached hydrogens (primary N) is 1. The fourth-order valence-electron chi connectivity index (χ4n) is 2.70. The van der Waals surface area contributed by atoms with Gasteiger partial charge in [0.1, 0.15) is 0 Å². The lowest BCUT2D eigenvalue weighted by atomic mass is 9.97. The fourth-order valence-corrected chi connectivity index (χ4v) is 2.70. The minimum atomic E-state index is -0.0167. The highest BCUT2D eigenvalue weighted by molar-refractivity contribution is 5.18. The van der Waals surface area contributed by atoms with Crippen molar-refractivity contribution in [3.05, 3.63) is 35.7 Å². The SMILES string of the molecule is Cc1c(Cn2cncc2C(N)C2CCOC2)cnn1C. The van der Waals surface area contributed by atoms with Crippen molar-refractivity contribution in [2.75, 3.05) is 13.2 Å². The highest BCUT2D eigenvalue weighted by Gasteiger charge is 2.26. The molecule has 0 amide bonds. The standard InChI is InChI=1S/C14H21N5O/c1-10-12(5-17-18(10)2)7-19-9-16-6-13(19)14(15)11-3-4-20-8-11/h5-6,9,11,14H,3-4,7-8,15H2,1-2H3. The van der Waals surface area contributed by atoms with E-state index >= 15 is 0 Å². The summed E-state index contributed by atoms with van der Waals surface area (Å²) in [7, 11) is 1.95. The Bertz CT molecular complexity index is 582. The van der Waals surface area contributed by atoms with Gasteiger partial charge in [-0.1, -0.05) is 0 Å². The fraction of sp³-hybridized carbons (Fsp3) is 0.571. The Morgan fingerprint density at radius 3 is 3.00 bits per heavy atom. The van der Waals surface area contributed by atoms with Crippen molar-refractivity contribution < 1.29 is 4.74 Å². The Balaban J connectivity index is 1.81. The Kier molecular flexibility index (Phi) is 3.58. The lowest BCUT2D eigenvalue weighted by Crippen LogP contribution is -2.24. The van der Waals surface area contributed by atoms with Crippen LogP contribution < -0.4 is 5.73 Å². The molecule has 6 nitrogen and oxygen atoms in total. The third-order valence-electron chi connectivity index (χ3n) is 4.24. The highest BCUT2D eigenvalue weighted by atomic mass is 16.5. The first-order valence-corrected chi connectivity index (χ1v) is 6.97. The third-order valence-corrected chi connectivity index (χ3v) is 4.24. The van der Waals surface area contributed by atoms with Crippen LogP contribution in [0.2, 0.25) is 0 Å². The maximum atomic E-state index is 6.38. The zero-order chi connectivity index (χ0) is 14.1. The smallest absolute Gasteiger partial charge is 0.0951 e. The van der Waals surface area contributed by atoms with E-state index in [0.29, 0.717) is 5.92 Å². The average molecular weight is 275 g/mol. The molecular formula is C14H21N5O. The van der Waals surface area contributed by atoms with Gasteiger partial charge in [-0.3, -0.25) is 4.68 Å². The Labute approximate surface area is 118 Å². The summed E-state index contributed by atoms with van der Waals surface area (Å²) in [6, 6.07) is -0.0167. The van der Waals surface area contributed by atoms with Gasteiger partial charge in [-0.25, -0.2) is 4.98 Å². The molecule has 2 aromatic heterocycles. The zero-order valence-electron chi connectivity index (χ0n) is 12.0. The lowest BCUT2D eigenvalue weighted by molar-refractivity contribution is 0.180. The monoisotopic (exact) mass is 275 g/mol. The number of aryl methyl sites for hydroxylation is 1. The first-order chi connectivity index (χ1) is 9.66. The van der Waals surface area contributed by atoms with Crippen molar-refractivity contribution in [2.24, 2.45) is 18.7 Å². The van der Waals surface area contributed by atoms with Gasteiger partial charge in [0.05, 0.1) is 37.4 Å². The maximum absolute atomic E-state index is 6.38. The minimum Gasteiger partial charge on any atom is -0.381 e. The molecular weight excluding hydrogens is 254 g/mol. The van der Waals surface area contributed by atoms with Crippen molar-refractivity contribution in [3.63, 3.8) is 0 Å². The minimum absolute atomic E-state index is 0.0167. The summed E-state index contributed by atoms with van der Waals surface area (Å²) >= 11 is 0. The molecule has 2 unspecified atom stereocenters. The molecule has 1 aliphatic heterocycles. The number of rotatable bonds is 4. The third kappa shape index (κ3) is 2.36.